The molecule has 0 aliphatic carbocycles. The predicted octanol–water partition coefficient (Wildman–Crippen LogP) is 3.46. The van der Waals surface area contributed by atoms with E-state index in [2.05, 4.69) is 25.7 Å². The first-order valence-corrected chi connectivity index (χ1v) is 8.31. The van der Waals surface area contributed by atoms with Gasteiger partial charge < -0.3 is 10.0 Å². The van der Waals surface area contributed by atoms with Crippen LogP contribution in [0.5, 0.6) is 0 Å². The highest BCUT2D eigenvalue weighted by atomic mass is 32.1. The number of aliphatic hydroxyl groups is 1. The van der Waals surface area contributed by atoms with Crippen molar-refractivity contribution in [1.29, 1.82) is 0 Å². The molecular weight excluding hydrogens is 256 g/mol. The van der Waals surface area contributed by atoms with Crippen LogP contribution in [0.15, 0.2) is 0 Å². The van der Waals surface area contributed by atoms with Crippen molar-refractivity contribution in [3.05, 3.63) is 10.6 Å². The minimum atomic E-state index is 0.128. The maximum atomic E-state index is 9.38. The maximum absolute atomic E-state index is 9.38. The average molecular weight is 282 g/mol. The van der Waals surface area contributed by atoms with E-state index in [1.165, 1.54) is 19.3 Å². The van der Waals surface area contributed by atoms with Crippen LogP contribution in [0.2, 0.25) is 0 Å². The number of anilines is 1. The molecule has 0 saturated carbocycles. The Labute approximate surface area is 120 Å². The second kappa shape index (κ2) is 6.71. The second-order valence-electron chi connectivity index (χ2n) is 5.80. The monoisotopic (exact) mass is 282 g/mol. The molecular formula is C15H26N2OS. The Hall–Kier alpha value is -0.610. The highest BCUT2D eigenvalue weighted by Crippen LogP contribution is 2.31. The van der Waals surface area contributed by atoms with Gasteiger partial charge in [0.25, 0.3) is 0 Å². The summed E-state index contributed by atoms with van der Waals surface area (Å²) in [6, 6.07) is 0. The zero-order valence-corrected chi connectivity index (χ0v) is 13.2. The summed E-state index contributed by atoms with van der Waals surface area (Å²) in [5.41, 5.74) is 1.08. The SMILES string of the molecule is CCc1nc(N2CCCC(C(C)C)CC2)sc1CO. The van der Waals surface area contributed by atoms with Gasteiger partial charge in [-0.1, -0.05) is 32.1 Å². The minimum absolute atomic E-state index is 0.128. The van der Waals surface area contributed by atoms with Crippen LogP contribution in [0.25, 0.3) is 0 Å². The molecule has 0 radical (unpaired) electrons. The topological polar surface area (TPSA) is 36.4 Å². The van der Waals surface area contributed by atoms with Gasteiger partial charge in [0, 0.05) is 13.1 Å². The minimum Gasteiger partial charge on any atom is -0.391 e. The maximum Gasteiger partial charge on any atom is 0.185 e. The first kappa shape index (κ1) is 14.8. The van der Waals surface area contributed by atoms with E-state index in [1.807, 2.05) is 0 Å². The zero-order valence-electron chi connectivity index (χ0n) is 12.4. The molecule has 4 heteroatoms. The molecule has 1 N–H and O–H groups in total. The first-order valence-electron chi connectivity index (χ1n) is 7.50. The third kappa shape index (κ3) is 3.48. The summed E-state index contributed by atoms with van der Waals surface area (Å²) < 4.78 is 0. The molecule has 2 rings (SSSR count). The van der Waals surface area contributed by atoms with E-state index < -0.39 is 0 Å². The van der Waals surface area contributed by atoms with Crippen molar-refractivity contribution in [3.8, 4) is 0 Å². The van der Waals surface area contributed by atoms with Crippen LogP contribution >= 0.6 is 11.3 Å². The summed E-state index contributed by atoms with van der Waals surface area (Å²) >= 11 is 1.67. The van der Waals surface area contributed by atoms with Gasteiger partial charge in [-0.05, 0) is 37.5 Å². The van der Waals surface area contributed by atoms with E-state index in [9.17, 15) is 5.11 Å². The predicted molar refractivity (Wildman–Crippen MR) is 81.8 cm³/mol. The fourth-order valence-corrected chi connectivity index (χ4v) is 3.95. The number of nitrogens with zero attached hydrogens (tertiary/aromatic N) is 2. The molecule has 1 atom stereocenters. The second-order valence-corrected chi connectivity index (χ2v) is 6.86. The Bertz CT molecular complexity index is 381. The van der Waals surface area contributed by atoms with Crippen LogP contribution in [-0.2, 0) is 13.0 Å². The van der Waals surface area contributed by atoms with Crippen LogP contribution in [-0.4, -0.2) is 23.2 Å². The van der Waals surface area contributed by atoms with Crippen molar-refractivity contribution in [3.63, 3.8) is 0 Å². The molecule has 108 valence electrons. The molecule has 1 aliphatic heterocycles. The van der Waals surface area contributed by atoms with Gasteiger partial charge >= 0.3 is 0 Å². The van der Waals surface area contributed by atoms with E-state index in [-0.39, 0.29) is 6.61 Å². The average Bonchev–Trinajstić information content (AvgIpc) is 2.66. The molecule has 1 unspecified atom stereocenters. The van der Waals surface area contributed by atoms with Crippen molar-refractivity contribution < 1.29 is 5.11 Å². The largest absolute Gasteiger partial charge is 0.391 e. The fourth-order valence-electron chi connectivity index (χ4n) is 2.88. The molecule has 1 saturated heterocycles. The molecule has 0 aromatic carbocycles. The van der Waals surface area contributed by atoms with Gasteiger partial charge in [-0.15, -0.1) is 0 Å². The van der Waals surface area contributed by atoms with Crippen LogP contribution < -0.4 is 4.90 Å². The molecule has 1 aliphatic rings. The van der Waals surface area contributed by atoms with E-state index in [4.69, 9.17) is 4.98 Å². The van der Waals surface area contributed by atoms with Gasteiger partial charge in [0.1, 0.15) is 0 Å². The number of aryl methyl sites for hydroxylation is 1. The lowest BCUT2D eigenvalue weighted by Gasteiger charge is -2.20. The summed E-state index contributed by atoms with van der Waals surface area (Å²) in [4.78, 5) is 8.18. The molecule has 1 fully saturated rings. The van der Waals surface area contributed by atoms with Crippen molar-refractivity contribution >= 4 is 16.5 Å². The number of hydrogen-bond acceptors (Lipinski definition) is 4. The van der Waals surface area contributed by atoms with Gasteiger partial charge in [-0.25, -0.2) is 4.98 Å². The number of thiazole rings is 1. The summed E-state index contributed by atoms with van der Waals surface area (Å²) in [6.07, 6.45) is 4.79. The molecule has 2 heterocycles. The summed E-state index contributed by atoms with van der Waals surface area (Å²) in [5, 5.41) is 10.5. The lowest BCUT2D eigenvalue weighted by Crippen LogP contribution is -2.24. The summed E-state index contributed by atoms with van der Waals surface area (Å²) in [6.45, 7) is 9.14. The van der Waals surface area contributed by atoms with Crippen LogP contribution in [0.4, 0.5) is 5.13 Å². The Morgan fingerprint density at radius 1 is 1.37 bits per heavy atom. The van der Waals surface area contributed by atoms with Gasteiger partial charge in [0.05, 0.1) is 17.2 Å². The van der Waals surface area contributed by atoms with Crippen LogP contribution in [0.3, 0.4) is 0 Å². The van der Waals surface area contributed by atoms with E-state index in [0.29, 0.717) is 0 Å². The van der Waals surface area contributed by atoms with Gasteiger partial charge in [0.2, 0.25) is 0 Å². The van der Waals surface area contributed by atoms with Crippen molar-refractivity contribution in [2.75, 3.05) is 18.0 Å². The molecule has 3 nitrogen and oxygen atoms in total. The molecule has 0 spiro atoms. The first-order chi connectivity index (χ1) is 9.15. The Morgan fingerprint density at radius 2 is 2.16 bits per heavy atom. The summed E-state index contributed by atoms with van der Waals surface area (Å²) in [5.74, 6) is 1.64. The smallest absolute Gasteiger partial charge is 0.185 e. The highest BCUT2D eigenvalue weighted by Gasteiger charge is 2.22. The standard InChI is InChI=1S/C15H26N2OS/c1-4-13-14(10-18)19-15(16-13)17-8-5-6-12(7-9-17)11(2)3/h11-12,18H,4-10H2,1-3H3. The number of rotatable bonds is 4. The number of hydrogen-bond donors (Lipinski definition) is 1. The molecule has 0 bridgehead atoms. The lowest BCUT2D eigenvalue weighted by atomic mass is 9.89. The third-order valence-electron chi connectivity index (χ3n) is 4.23. The van der Waals surface area contributed by atoms with Gasteiger partial charge in [0.15, 0.2) is 5.13 Å². The Kier molecular flexibility index (Phi) is 5.22. The van der Waals surface area contributed by atoms with Gasteiger partial charge in [-0.3, -0.25) is 0 Å². The van der Waals surface area contributed by atoms with E-state index in [1.54, 1.807) is 11.3 Å². The third-order valence-corrected chi connectivity index (χ3v) is 5.37. The van der Waals surface area contributed by atoms with Crippen molar-refractivity contribution in [2.24, 2.45) is 11.8 Å². The quantitative estimate of drug-likeness (QED) is 0.918. The number of aromatic nitrogens is 1. The van der Waals surface area contributed by atoms with Crippen molar-refractivity contribution in [1.82, 2.24) is 4.98 Å². The summed E-state index contributed by atoms with van der Waals surface area (Å²) in [7, 11) is 0. The number of aliphatic hydroxyl groups excluding tert-OH is 1. The molecule has 1 aromatic heterocycles. The van der Waals surface area contributed by atoms with Crippen LogP contribution in [0, 0.1) is 11.8 Å². The van der Waals surface area contributed by atoms with Crippen molar-refractivity contribution in [2.45, 2.75) is 53.1 Å². The zero-order chi connectivity index (χ0) is 13.8. The molecule has 1 aromatic rings. The highest BCUT2D eigenvalue weighted by molar-refractivity contribution is 7.15. The van der Waals surface area contributed by atoms with Gasteiger partial charge in [-0.2, -0.15) is 0 Å². The Morgan fingerprint density at radius 3 is 2.74 bits per heavy atom. The molecule has 0 amide bonds. The fraction of sp³-hybridized carbons (Fsp3) is 0.800. The van der Waals surface area contributed by atoms with E-state index >= 15 is 0 Å². The molecule has 19 heavy (non-hydrogen) atoms. The Balaban J connectivity index is 2.07. The van der Waals surface area contributed by atoms with Crippen LogP contribution in [0.1, 0.15) is 50.6 Å². The lowest BCUT2D eigenvalue weighted by molar-refractivity contribution is 0.284. The van der Waals surface area contributed by atoms with E-state index in [0.717, 1.165) is 47.0 Å². The normalized spacial score (nSPS) is 20.9.